The lowest BCUT2D eigenvalue weighted by molar-refractivity contribution is -0.125. The molecule has 0 saturated heterocycles. The number of rotatable bonds is 7. The van der Waals surface area contributed by atoms with Gasteiger partial charge in [-0.05, 0) is 56.7 Å². The van der Waals surface area contributed by atoms with Gasteiger partial charge in [-0.15, -0.1) is 0 Å². The van der Waals surface area contributed by atoms with Crippen LogP contribution in [0.15, 0.2) is 34.9 Å². The lowest BCUT2D eigenvalue weighted by Gasteiger charge is -2.28. The summed E-state index contributed by atoms with van der Waals surface area (Å²) in [6, 6.07) is 8.55. The van der Waals surface area contributed by atoms with Crippen LogP contribution in [0.1, 0.15) is 36.8 Å². The molecule has 0 spiro atoms. The molecule has 1 aromatic carbocycles. The molecule has 6 nitrogen and oxygen atoms in total. The molecule has 0 bridgehead atoms. The first-order valence-electron chi connectivity index (χ1n) is 10.2. The van der Waals surface area contributed by atoms with Crippen molar-refractivity contribution < 1.29 is 4.79 Å². The minimum Gasteiger partial charge on any atom is -0.362 e. The van der Waals surface area contributed by atoms with E-state index in [-0.39, 0.29) is 11.8 Å². The Labute approximate surface area is 181 Å². The van der Waals surface area contributed by atoms with Crippen LogP contribution in [0.3, 0.4) is 0 Å². The van der Waals surface area contributed by atoms with Crippen LogP contribution in [0.4, 0.5) is 11.8 Å². The summed E-state index contributed by atoms with van der Waals surface area (Å²) >= 11 is 3.44. The Balaban J connectivity index is 1.42. The molecule has 1 saturated carbocycles. The van der Waals surface area contributed by atoms with Gasteiger partial charge in [0.1, 0.15) is 5.82 Å². The fraction of sp³-hybridized carbons (Fsp3) is 0.500. The Morgan fingerprint density at radius 1 is 1.17 bits per heavy atom. The predicted octanol–water partition coefficient (Wildman–Crippen LogP) is 3.94. The molecule has 0 unspecified atom stereocenters. The predicted molar refractivity (Wildman–Crippen MR) is 121 cm³/mol. The fourth-order valence-corrected chi connectivity index (χ4v) is 4.03. The van der Waals surface area contributed by atoms with Crippen LogP contribution in [0.25, 0.3) is 0 Å². The molecular weight excluding hydrogens is 430 g/mol. The van der Waals surface area contributed by atoms with Crippen LogP contribution in [0.2, 0.25) is 0 Å². The number of aryl methyl sites for hydroxylation is 1. The number of amides is 1. The smallest absolute Gasteiger partial charge is 0.224 e. The van der Waals surface area contributed by atoms with Gasteiger partial charge in [-0.25, -0.2) is 4.98 Å². The largest absolute Gasteiger partial charge is 0.362 e. The minimum atomic E-state index is 0.106. The normalized spacial score (nSPS) is 18.9. The van der Waals surface area contributed by atoms with Crippen molar-refractivity contribution in [1.82, 2.24) is 15.3 Å². The number of hydrogen-bond acceptors (Lipinski definition) is 5. The first kappa shape index (κ1) is 21.6. The molecule has 1 aliphatic rings. The van der Waals surface area contributed by atoms with E-state index in [4.69, 9.17) is 0 Å². The SMILES string of the molecule is Cc1cnc(N[C@H]2CC[C@@H](C(=O)NCCc3ccc(Br)cc3)CC2)nc1N(C)C. The second-order valence-electron chi connectivity index (χ2n) is 7.96. The van der Waals surface area contributed by atoms with Crippen LogP contribution in [0.5, 0.6) is 0 Å². The number of anilines is 2. The van der Waals surface area contributed by atoms with Crippen molar-refractivity contribution in [1.29, 1.82) is 0 Å². The Morgan fingerprint density at radius 2 is 1.86 bits per heavy atom. The molecule has 29 heavy (non-hydrogen) atoms. The molecule has 1 fully saturated rings. The van der Waals surface area contributed by atoms with Gasteiger partial charge in [-0.2, -0.15) is 4.98 Å². The van der Waals surface area contributed by atoms with Crippen LogP contribution in [0, 0.1) is 12.8 Å². The molecule has 0 aliphatic heterocycles. The van der Waals surface area contributed by atoms with Crippen LogP contribution in [-0.2, 0) is 11.2 Å². The maximum atomic E-state index is 12.5. The van der Waals surface area contributed by atoms with Gasteiger partial charge in [0.2, 0.25) is 11.9 Å². The summed E-state index contributed by atoms with van der Waals surface area (Å²) in [5.74, 6) is 1.89. The van der Waals surface area contributed by atoms with E-state index in [2.05, 4.69) is 48.7 Å². The maximum Gasteiger partial charge on any atom is 0.224 e. The van der Waals surface area contributed by atoms with Gasteiger partial charge in [-0.1, -0.05) is 28.1 Å². The number of carbonyl (C=O) groups excluding carboxylic acids is 1. The van der Waals surface area contributed by atoms with Crippen molar-refractivity contribution in [3.8, 4) is 0 Å². The number of hydrogen-bond donors (Lipinski definition) is 2. The molecule has 1 amide bonds. The lowest BCUT2D eigenvalue weighted by Crippen LogP contribution is -2.37. The highest BCUT2D eigenvalue weighted by Crippen LogP contribution is 2.26. The van der Waals surface area contributed by atoms with E-state index in [0.29, 0.717) is 18.5 Å². The topological polar surface area (TPSA) is 70.1 Å². The third-order valence-electron chi connectivity index (χ3n) is 5.43. The van der Waals surface area contributed by atoms with Gasteiger partial charge in [0, 0.05) is 48.8 Å². The molecule has 1 heterocycles. The second kappa shape index (κ2) is 10.1. The van der Waals surface area contributed by atoms with Crippen molar-refractivity contribution in [3.63, 3.8) is 0 Å². The number of halogens is 1. The van der Waals surface area contributed by atoms with Gasteiger partial charge in [0.25, 0.3) is 0 Å². The lowest BCUT2D eigenvalue weighted by atomic mass is 9.85. The molecule has 0 radical (unpaired) electrons. The standard InChI is InChI=1S/C22H30BrN5O/c1-15-14-25-22(27-20(15)28(2)3)26-19-10-6-17(7-11-19)21(29)24-13-12-16-4-8-18(23)9-5-16/h4-5,8-9,14,17,19H,6-7,10-13H2,1-3H3,(H,24,29)(H,25,26,27)/t17-,19+. The summed E-state index contributed by atoms with van der Waals surface area (Å²) in [7, 11) is 3.97. The van der Waals surface area contributed by atoms with Crippen LogP contribution < -0.4 is 15.5 Å². The average molecular weight is 460 g/mol. The third-order valence-corrected chi connectivity index (χ3v) is 5.95. The van der Waals surface area contributed by atoms with Gasteiger partial charge in [-0.3, -0.25) is 4.79 Å². The minimum absolute atomic E-state index is 0.106. The summed E-state index contributed by atoms with van der Waals surface area (Å²) < 4.78 is 1.07. The summed E-state index contributed by atoms with van der Waals surface area (Å²) in [5.41, 5.74) is 2.29. The Morgan fingerprint density at radius 3 is 2.52 bits per heavy atom. The Kier molecular flexibility index (Phi) is 7.47. The summed E-state index contributed by atoms with van der Waals surface area (Å²) in [4.78, 5) is 23.5. The molecule has 7 heteroatoms. The van der Waals surface area contributed by atoms with Gasteiger partial charge in [0.15, 0.2) is 0 Å². The van der Waals surface area contributed by atoms with Crippen molar-refractivity contribution in [3.05, 3.63) is 46.1 Å². The molecule has 156 valence electrons. The molecule has 2 N–H and O–H groups in total. The zero-order valence-corrected chi connectivity index (χ0v) is 19.0. The van der Waals surface area contributed by atoms with Crippen LogP contribution in [-0.4, -0.2) is 42.6 Å². The van der Waals surface area contributed by atoms with Gasteiger partial charge < -0.3 is 15.5 Å². The van der Waals surface area contributed by atoms with E-state index in [1.807, 2.05) is 44.2 Å². The first-order chi connectivity index (χ1) is 13.9. The van der Waals surface area contributed by atoms with E-state index >= 15 is 0 Å². The molecule has 3 rings (SSSR count). The summed E-state index contributed by atoms with van der Waals surface area (Å²) in [6.45, 7) is 2.70. The first-order valence-corrected chi connectivity index (χ1v) is 11.0. The second-order valence-corrected chi connectivity index (χ2v) is 8.87. The van der Waals surface area contributed by atoms with Crippen molar-refractivity contribution in [2.45, 2.75) is 45.1 Å². The van der Waals surface area contributed by atoms with Crippen molar-refractivity contribution in [2.75, 3.05) is 30.9 Å². The highest BCUT2D eigenvalue weighted by molar-refractivity contribution is 9.10. The highest BCUT2D eigenvalue weighted by atomic mass is 79.9. The molecule has 1 aromatic heterocycles. The number of carbonyl (C=O) groups is 1. The fourth-order valence-electron chi connectivity index (χ4n) is 3.76. The molecule has 1 aliphatic carbocycles. The van der Waals surface area contributed by atoms with E-state index in [0.717, 1.165) is 48.0 Å². The van der Waals surface area contributed by atoms with Crippen molar-refractivity contribution in [2.24, 2.45) is 5.92 Å². The number of benzene rings is 1. The van der Waals surface area contributed by atoms with Crippen LogP contribution >= 0.6 is 15.9 Å². The zero-order valence-electron chi connectivity index (χ0n) is 17.4. The summed E-state index contributed by atoms with van der Waals surface area (Å²) in [5, 5.41) is 6.55. The van der Waals surface area contributed by atoms with E-state index in [1.54, 1.807) is 0 Å². The number of aromatic nitrogens is 2. The van der Waals surface area contributed by atoms with Gasteiger partial charge in [0.05, 0.1) is 0 Å². The monoisotopic (exact) mass is 459 g/mol. The number of nitrogens with zero attached hydrogens (tertiary/aromatic N) is 3. The van der Waals surface area contributed by atoms with E-state index < -0.39 is 0 Å². The Hall–Kier alpha value is -2.15. The highest BCUT2D eigenvalue weighted by Gasteiger charge is 2.26. The average Bonchev–Trinajstić information content (AvgIpc) is 2.71. The molecular formula is C22H30BrN5O. The van der Waals surface area contributed by atoms with Gasteiger partial charge >= 0.3 is 0 Å². The quantitative estimate of drug-likeness (QED) is 0.655. The van der Waals surface area contributed by atoms with E-state index in [1.165, 1.54) is 5.56 Å². The number of nitrogens with one attached hydrogen (secondary N) is 2. The Bertz CT molecular complexity index is 816. The maximum absolute atomic E-state index is 12.5. The van der Waals surface area contributed by atoms with E-state index in [9.17, 15) is 4.79 Å². The van der Waals surface area contributed by atoms with Crippen molar-refractivity contribution >= 4 is 33.6 Å². The third kappa shape index (κ3) is 6.16. The molecule has 2 aromatic rings. The summed E-state index contributed by atoms with van der Waals surface area (Å²) in [6.07, 6.45) is 6.42. The molecule has 0 atom stereocenters. The zero-order chi connectivity index (χ0) is 20.8.